The van der Waals surface area contributed by atoms with Crippen LogP contribution in [0.15, 0.2) is 36.7 Å². The Balaban J connectivity index is 1.36. The number of nitrogen functional groups attached to an aromatic ring is 1. The first kappa shape index (κ1) is 33.0. The van der Waals surface area contributed by atoms with E-state index >= 15 is 0 Å². The number of aliphatic hydroxyl groups is 1. The van der Waals surface area contributed by atoms with Gasteiger partial charge in [-0.3, -0.25) is 13.9 Å². The third kappa shape index (κ3) is 7.55. The minimum Gasteiger partial charge on any atom is -0.476 e. The molecule has 1 aliphatic heterocycles. The summed E-state index contributed by atoms with van der Waals surface area (Å²) >= 11 is 0. The number of hydrogen-bond donors (Lipinski definition) is 3. The Labute approximate surface area is 260 Å². The molecule has 1 saturated heterocycles. The van der Waals surface area contributed by atoms with E-state index in [1.807, 2.05) is 0 Å². The topological polar surface area (TPSA) is 182 Å². The minimum atomic E-state index is -4.35. The van der Waals surface area contributed by atoms with Crippen molar-refractivity contribution in [2.75, 3.05) is 25.6 Å². The van der Waals surface area contributed by atoms with Crippen LogP contribution in [0.1, 0.15) is 65.5 Å². The predicted molar refractivity (Wildman–Crippen MR) is 161 cm³/mol. The van der Waals surface area contributed by atoms with E-state index in [9.17, 15) is 18.9 Å². The molecule has 0 bridgehead atoms. The molecule has 2 aliphatic rings. The van der Waals surface area contributed by atoms with E-state index in [-0.39, 0.29) is 41.3 Å². The SMILES string of the molecule is CCOc1nc(N)nc2c1ncn2[C@@H]1O[C@](CF)(COP(=O)(N[C@@H](C)C(=O)OC2CCCCC2)Oc2ccccc2)C[C@@]1(C)O. The van der Waals surface area contributed by atoms with Crippen molar-refractivity contribution in [1.82, 2.24) is 24.6 Å². The maximum absolute atomic E-state index is 14.9. The van der Waals surface area contributed by atoms with Crippen molar-refractivity contribution in [2.24, 2.45) is 0 Å². The van der Waals surface area contributed by atoms with E-state index < -0.39 is 50.5 Å². The molecule has 1 aliphatic carbocycles. The normalized spacial score (nSPS) is 25.9. The highest BCUT2D eigenvalue weighted by atomic mass is 31.2. The number of benzene rings is 1. The van der Waals surface area contributed by atoms with Crippen LogP contribution >= 0.6 is 7.75 Å². The number of esters is 1. The number of anilines is 1. The van der Waals surface area contributed by atoms with Gasteiger partial charge in [0, 0.05) is 6.42 Å². The number of ether oxygens (including phenoxy) is 3. The van der Waals surface area contributed by atoms with Crippen molar-refractivity contribution < 1.29 is 42.1 Å². The van der Waals surface area contributed by atoms with Gasteiger partial charge in [-0.1, -0.05) is 24.6 Å². The minimum absolute atomic E-state index is 0.0911. The summed E-state index contributed by atoms with van der Waals surface area (Å²) < 4.78 is 59.2. The molecule has 1 aromatic carbocycles. The Morgan fingerprint density at radius 2 is 2.00 bits per heavy atom. The highest BCUT2D eigenvalue weighted by molar-refractivity contribution is 7.52. The number of halogens is 1. The molecule has 0 amide bonds. The molecule has 1 saturated carbocycles. The molecule has 5 atom stereocenters. The fourth-order valence-electron chi connectivity index (χ4n) is 5.67. The number of nitrogens with two attached hydrogens (primary N) is 1. The van der Waals surface area contributed by atoms with E-state index in [1.165, 1.54) is 24.7 Å². The lowest BCUT2D eigenvalue weighted by Crippen LogP contribution is -2.41. The van der Waals surface area contributed by atoms with Gasteiger partial charge in [-0.15, -0.1) is 0 Å². The second-order valence-electron chi connectivity index (χ2n) is 11.7. The van der Waals surface area contributed by atoms with Gasteiger partial charge in [0.2, 0.25) is 11.8 Å². The van der Waals surface area contributed by atoms with Gasteiger partial charge in [0.15, 0.2) is 17.4 Å². The van der Waals surface area contributed by atoms with Gasteiger partial charge >= 0.3 is 13.7 Å². The smallest absolute Gasteiger partial charge is 0.459 e. The van der Waals surface area contributed by atoms with Gasteiger partial charge in [0.05, 0.1) is 19.5 Å². The monoisotopic (exact) mass is 650 g/mol. The molecule has 2 aromatic heterocycles. The molecule has 4 N–H and O–H groups in total. The highest BCUT2D eigenvalue weighted by Gasteiger charge is 2.55. The van der Waals surface area contributed by atoms with Gasteiger partial charge in [0.25, 0.3) is 0 Å². The van der Waals surface area contributed by atoms with Crippen molar-refractivity contribution in [3.05, 3.63) is 36.7 Å². The molecule has 14 nitrogen and oxygen atoms in total. The number of aromatic nitrogens is 4. The maximum atomic E-state index is 14.9. The lowest BCUT2D eigenvalue weighted by atomic mass is 9.92. The summed E-state index contributed by atoms with van der Waals surface area (Å²) in [4.78, 5) is 25.5. The Morgan fingerprint density at radius 3 is 2.69 bits per heavy atom. The van der Waals surface area contributed by atoms with Crippen molar-refractivity contribution in [1.29, 1.82) is 0 Å². The fraction of sp³-hybridized carbons (Fsp3) is 0.586. The fourth-order valence-corrected chi connectivity index (χ4v) is 7.24. The van der Waals surface area contributed by atoms with Gasteiger partial charge in [0.1, 0.15) is 35.8 Å². The van der Waals surface area contributed by atoms with Crippen molar-refractivity contribution in [3.8, 4) is 11.6 Å². The summed E-state index contributed by atoms with van der Waals surface area (Å²) in [5, 5.41) is 14.1. The Morgan fingerprint density at radius 1 is 1.27 bits per heavy atom. The van der Waals surface area contributed by atoms with Crippen LogP contribution in [0, 0.1) is 0 Å². The number of rotatable bonds is 13. The zero-order chi connectivity index (χ0) is 32.2. The second kappa shape index (κ2) is 13.6. The quantitative estimate of drug-likeness (QED) is 0.177. The molecule has 5 rings (SSSR count). The summed E-state index contributed by atoms with van der Waals surface area (Å²) in [6.07, 6.45) is 4.26. The van der Waals surface area contributed by atoms with Gasteiger partial charge < -0.3 is 29.6 Å². The number of hydrogen-bond acceptors (Lipinski definition) is 12. The zero-order valence-corrected chi connectivity index (χ0v) is 26.5. The maximum Gasteiger partial charge on any atom is 0.459 e. The third-order valence-corrected chi connectivity index (χ3v) is 9.39. The number of fused-ring (bicyclic) bond motifs is 1. The Bertz CT molecular complexity index is 1520. The van der Waals surface area contributed by atoms with E-state index in [0.717, 1.165) is 32.1 Å². The first-order valence-electron chi connectivity index (χ1n) is 15.0. The number of nitrogens with one attached hydrogen (secondary N) is 1. The summed E-state index contributed by atoms with van der Waals surface area (Å²) in [6, 6.07) is 7.15. The molecule has 3 aromatic rings. The van der Waals surface area contributed by atoms with E-state index in [1.54, 1.807) is 37.3 Å². The van der Waals surface area contributed by atoms with Crippen LogP contribution in [0.2, 0.25) is 0 Å². The molecule has 0 spiro atoms. The standard InChI is InChI=1S/C29H40FN6O8P/c1-4-40-24-22-23(33-27(31)34-24)36(18-32-22)26-28(3,38)15-29(16-30,43-26)17-41-45(39,44-21-13-9-6-10-14-21)35-19(2)25(37)42-20-11-7-5-8-12-20/h6,9-10,13-14,18-20,26,38H,4-5,7-8,11-12,15-17H2,1-3H3,(H,35,39)(H2,31,33,34)/t19-,26+,28+,29+,45?/m0/s1. The van der Waals surface area contributed by atoms with Crippen LogP contribution in [0.4, 0.5) is 10.3 Å². The van der Waals surface area contributed by atoms with Gasteiger partial charge in [-0.2, -0.15) is 15.1 Å². The Hall–Kier alpha value is -3.36. The summed E-state index contributed by atoms with van der Waals surface area (Å²) in [5.74, 6) is -0.355. The van der Waals surface area contributed by atoms with Crippen molar-refractivity contribution in [2.45, 2.75) is 88.9 Å². The molecule has 246 valence electrons. The summed E-state index contributed by atoms with van der Waals surface area (Å²) in [5.41, 5.74) is 2.94. The molecule has 1 unspecified atom stereocenters. The number of para-hydroxylation sites is 1. The van der Waals surface area contributed by atoms with E-state index in [0.29, 0.717) is 6.61 Å². The number of imidazole rings is 1. The second-order valence-corrected chi connectivity index (χ2v) is 13.4. The van der Waals surface area contributed by atoms with Crippen LogP contribution in [-0.2, 0) is 23.4 Å². The zero-order valence-electron chi connectivity index (χ0n) is 25.6. The number of carbonyl (C=O) groups is 1. The van der Waals surface area contributed by atoms with E-state index in [2.05, 4.69) is 20.0 Å². The molecular weight excluding hydrogens is 610 g/mol. The Kier molecular flexibility index (Phi) is 9.94. The highest BCUT2D eigenvalue weighted by Crippen LogP contribution is 2.50. The number of carbonyl (C=O) groups excluding carboxylic acids is 1. The summed E-state index contributed by atoms with van der Waals surface area (Å²) in [7, 11) is -4.35. The number of alkyl halides is 1. The average Bonchev–Trinajstić information content (AvgIpc) is 3.54. The predicted octanol–water partition coefficient (Wildman–Crippen LogP) is 4.24. The molecule has 3 heterocycles. The van der Waals surface area contributed by atoms with Crippen LogP contribution in [-0.4, -0.2) is 73.8 Å². The molecule has 45 heavy (non-hydrogen) atoms. The molecule has 2 fully saturated rings. The molecule has 0 radical (unpaired) electrons. The number of nitrogens with zero attached hydrogens (tertiary/aromatic N) is 4. The van der Waals surface area contributed by atoms with Crippen LogP contribution in [0.25, 0.3) is 11.2 Å². The molecular formula is C29H40FN6O8P. The van der Waals surface area contributed by atoms with Crippen LogP contribution in [0.3, 0.4) is 0 Å². The lowest BCUT2D eigenvalue weighted by molar-refractivity contribution is -0.152. The first-order chi connectivity index (χ1) is 21.5. The largest absolute Gasteiger partial charge is 0.476 e. The van der Waals surface area contributed by atoms with Gasteiger partial charge in [-0.25, -0.2) is 13.9 Å². The van der Waals surface area contributed by atoms with Crippen molar-refractivity contribution in [3.63, 3.8) is 0 Å². The van der Waals surface area contributed by atoms with Crippen molar-refractivity contribution >= 4 is 30.8 Å². The first-order valence-corrected chi connectivity index (χ1v) is 16.6. The van der Waals surface area contributed by atoms with Crippen LogP contribution in [0.5, 0.6) is 11.6 Å². The average molecular weight is 651 g/mol. The summed E-state index contributed by atoms with van der Waals surface area (Å²) in [6.45, 7) is 3.31. The lowest BCUT2D eigenvalue weighted by Gasteiger charge is -2.30. The van der Waals surface area contributed by atoms with E-state index in [4.69, 9.17) is 29.0 Å². The molecule has 16 heteroatoms. The van der Waals surface area contributed by atoms with Gasteiger partial charge in [-0.05, 0) is 58.6 Å². The van der Waals surface area contributed by atoms with Crippen LogP contribution < -0.4 is 20.1 Å². The third-order valence-electron chi connectivity index (χ3n) is 7.76.